The summed E-state index contributed by atoms with van der Waals surface area (Å²) in [6.45, 7) is 0.450. The molecule has 0 spiro atoms. The Bertz CT molecular complexity index is 743. The molecule has 3 rings (SSSR count). The lowest BCUT2D eigenvalue weighted by molar-refractivity contribution is 0.0951. The van der Waals surface area contributed by atoms with Gasteiger partial charge >= 0.3 is 0 Å². The van der Waals surface area contributed by atoms with Gasteiger partial charge in [-0.05, 0) is 29.8 Å². The Morgan fingerprint density at radius 3 is 2.70 bits per heavy atom. The second-order valence-electron chi connectivity index (χ2n) is 4.30. The molecule has 5 heteroatoms. The van der Waals surface area contributed by atoms with Gasteiger partial charge in [-0.25, -0.2) is 0 Å². The summed E-state index contributed by atoms with van der Waals surface area (Å²) in [6.07, 6.45) is 6.67. The molecule has 0 bridgehead atoms. The Morgan fingerprint density at radius 1 is 1.05 bits per heavy atom. The van der Waals surface area contributed by atoms with Gasteiger partial charge < -0.3 is 5.32 Å². The van der Waals surface area contributed by atoms with Crippen LogP contribution in [-0.4, -0.2) is 20.9 Å². The fourth-order valence-electron chi connectivity index (χ4n) is 1.89. The summed E-state index contributed by atoms with van der Waals surface area (Å²) < 4.78 is 0. The van der Waals surface area contributed by atoms with Gasteiger partial charge in [0.05, 0.1) is 11.0 Å². The number of rotatable bonds is 3. The van der Waals surface area contributed by atoms with E-state index in [2.05, 4.69) is 20.3 Å². The molecule has 3 aromatic rings. The Kier molecular flexibility index (Phi) is 3.33. The average Bonchev–Trinajstić information content (AvgIpc) is 2.53. The summed E-state index contributed by atoms with van der Waals surface area (Å²) in [5.41, 5.74) is 3.01. The lowest BCUT2D eigenvalue weighted by atomic mass is 10.1. The van der Waals surface area contributed by atoms with Crippen molar-refractivity contribution in [1.82, 2.24) is 20.3 Å². The third-order valence-corrected chi connectivity index (χ3v) is 2.91. The highest BCUT2D eigenvalue weighted by atomic mass is 16.1. The van der Waals surface area contributed by atoms with Crippen LogP contribution in [0.5, 0.6) is 0 Å². The molecular weight excluding hydrogens is 252 g/mol. The van der Waals surface area contributed by atoms with Crippen LogP contribution >= 0.6 is 0 Å². The first kappa shape index (κ1) is 12.2. The summed E-state index contributed by atoms with van der Waals surface area (Å²) in [6, 6.07) is 9.03. The minimum atomic E-state index is -0.138. The highest BCUT2D eigenvalue weighted by molar-refractivity contribution is 5.97. The van der Waals surface area contributed by atoms with Gasteiger partial charge in [0.2, 0.25) is 0 Å². The fourth-order valence-corrected chi connectivity index (χ4v) is 1.89. The third kappa shape index (κ3) is 2.61. The van der Waals surface area contributed by atoms with Crippen LogP contribution in [0.15, 0.2) is 55.1 Å². The van der Waals surface area contributed by atoms with Gasteiger partial charge in [-0.15, -0.1) is 0 Å². The van der Waals surface area contributed by atoms with Gasteiger partial charge in [0, 0.05) is 36.9 Å². The van der Waals surface area contributed by atoms with Gasteiger partial charge in [0.25, 0.3) is 5.91 Å². The first-order valence-corrected chi connectivity index (χ1v) is 6.21. The molecule has 2 aromatic heterocycles. The fraction of sp³-hybridized carbons (Fsp3) is 0.0667. The predicted octanol–water partition coefficient (Wildman–Crippen LogP) is 1.95. The summed E-state index contributed by atoms with van der Waals surface area (Å²) in [5, 5.41) is 2.85. The van der Waals surface area contributed by atoms with E-state index in [1.165, 1.54) is 0 Å². The Hall–Kier alpha value is -2.82. The van der Waals surface area contributed by atoms with E-state index in [4.69, 9.17) is 0 Å². The van der Waals surface area contributed by atoms with E-state index in [1.54, 1.807) is 43.0 Å². The zero-order chi connectivity index (χ0) is 13.8. The molecule has 2 heterocycles. The third-order valence-electron chi connectivity index (χ3n) is 2.91. The predicted molar refractivity (Wildman–Crippen MR) is 74.9 cm³/mol. The number of nitrogens with zero attached hydrogens (tertiary/aromatic N) is 3. The molecule has 0 unspecified atom stereocenters. The minimum Gasteiger partial charge on any atom is -0.348 e. The highest BCUT2D eigenvalue weighted by Gasteiger charge is 2.06. The molecule has 5 nitrogen and oxygen atoms in total. The number of hydrogen-bond acceptors (Lipinski definition) is 4. The molecule has 0 saturated heterocycles. The summed E-state index contributed by atoms with van der Waals surface area (Å²) in [4.78, 5) is 24.5. The zero-order valence-corrected chi connectivity index (χ0v) is 10.7. The summed E-state index contributed by atoms with van der Waals surface area (Å²) in [5.74, 6) is -0.138. The van der Waals surface area contributed by atoms with E-state index in [1.807, 2.05) is 12.1 Å². The van der Waals surface area contributed by atoms with E-state index < -0.39 is 0 Å². The Morgan fingerprint density at radius 2 is 1.90 bits per heavy atom. The number of benzene rings is 1. The van der Waals surface area contributed by atoms with Crippen LogP contribution in [0.2, 0.25) is 0 Å². The minimum absolute atomic E-state index is 0.138. The molecule has 0 saturated carbocycles. The lowest BCUT2D eigenvalue weighted by Crippen LogP contribution is -2.22. The standard InChI is InChI=1S/C15H12N4O/c20-15(19-10-11-2-1-5-16-9-11)12-3-4-13-14(8-12)18-7-6-17-13/h1-9H,10H2,(H,19,20). The largest absolute Gasteiger partial charge is 0.348 e. The monoisotopic (exact) mass is 264 g/mol. The SMILES string of the molecule is O=C(NCc1cccnc1)c1ccc2nccnc2c1. The van der Waals surface area contributed by atoms with Crippen molar-refractivity contribution in [2.75, 3.05) is 0 Å². The molecule has 0 aliphatic carbocycles. The van der Waals surface area contributed by atoms with Crippen molar-refractivity contribution in [3.8, 4) is 0 Å². The zero-order valence-electron chi connectivity index (χ0n) is 10.7. The summed E-state index contributed by atoms with van der Waals surface area (Å²) >= 11 is 0. The molecule has 0 radical (unpaired) electrons. The lowest BCUT2D eigenvalue weighted by Gasteiger charge is -2.05. The second kappa shape index (κ2) is 5.44. The molecule has 0 aliphatic heterocycles. The van der Waals surface area contributed by atoms with Gasteiger partial charge in [0.15, 0.2) is 0 Å². The average molecular weight is 264 g/mol. The molecule has 0 aliphatic rings. The number of pyridine rings is 1. The van der Waals surface area contributed by atoms with Crippen molar-refractivity contribution in [3.63, 3.8) is 0 Å². The smallest absolute Gasteiger partial charge is 0.251 e. The highest BCUT2D eigenvalue weighted by Crippen LogP contribution is 2.11. The second-order valence-corrected chi connectivity index (χ2v) is 4.30. The maximum atomic E-state index is 12.1. The van der Waals surface area contributed by atoms with Crippen molar-refractivity contribution in [2.45, 2.75) is 6.54 Å². The van der Waals surface area contributed by atoms with Gasteiger partial charge in [-0.2, -0.15) is 0 Å². The number of amides is 1. The van der Waals surface area contributed by atoms with Crippen LogP contribution in [0.3, 0.4) is 0 Å². The maximum Gasteiger partial charge on any atom is 0.251 e. The normalized spacial score (nSPS) is 10.4. The molecule has 1 N–H and O–H groups in total. The first-order chi connectivity index (χ1) is 9.83. The molecule has 20 heavy (non-hydrogen) atoms. The number of fused-ring (bicyclic) bond motifs is 1. The van der Waals surface area contributed by atoms with Crippen LogP contribution in [0.1, 0.15) is 15.9 Å². The van der Waals surface area contributed by atoms with E-state index in [9.17, 15) is 4.79 Å². The van der Waals surface area contributed by atoms with Gasteiger partial charge in [-0.3, -0.25) is 19.7 Å². The molecule has 0 fully saturated rings. The number of hydrogen-bond donors (Lipinski definition) is 1. The van der Waals surface area contributed by atoms with Crippen LogP contribution in [-0.2, 0) is 6.54 Å². The van der Waals surface area contributed by atoms with Crippen molar-refractivity contribution < 1.29 is 4.79 Å². The van der Waals surface area contributed by atoms with Crippen LogP contribution in [0.25, 0.3) is 11.0 Å². The number of carbonyl (C=O) groups is 1. The molecule has 0 atom stereocenters. The number of carbonyl (C=O) groups excluding carboxylic acids is 1. The number of aromatic nitrogens is 3. The topological polar surface area (TPSA) is 67.8 Å². The Labute approximate surface area is 115 Å². The van der Waals surface area contributed by atoms with Crippen LogP contribution in [0.4, 0.5) is 0 Å². The quantitative estimate of drug-likeness (QED) is 0.785. The summed E-state index contributed by atoms with van der Waals surface area (Å²) in [7, 11) is 0. The van der Waals surface area contributed by atoms with Crippen molar-refractivity contribution >= 4 is 16.9 Å². The van der Waals surface area contributed by atoms with Crippen molar-refractivity contribution in [3.05, 3.63) is 66.2 Å². The van der Waals surface area contributed by atoms with E-state index in [0.717, 1.165) is 11.1 Å². The molecule has 1 amide bonds. The van der Waals surface area contributed by atoms with Gasteiger partial charge in [0.1, 0.15) is 0 Å². The molecule has 98 valence electrons. The van der Waals surface area contributed by atoms with Crippen LogP contribution in [0, 0.1) is 0 Å². The van der Waals surface area contributed by atoms with E-state index in [0.29, 0.717) is 17.6 Å². The van der Waals surface area contributed by atoms with Crippen molar-refractivity contribution in [1.29, 1.82) is 0 Å². The van der Waals surface area contributed by atoms with Crippen molar-refractivity contribution in [2.24, 2.45) is 0 Å². The van der Waals surface area contributed by atoms with E-state index in [-0.39, 0.29) is 5.91 Å². The Balaban J connectivity index is 1.75. The van der Waals surface area contributed by atoms with E-state index >= 15 is 0 Å². The van der Waals surface area contributed by atoms with Crippen LogP contribution < -0.4 is 5.32 Å². The van der Waals surface area contributed by atoms with Gasteiger partial charge in [-0.1, -0.05) is 6.07 Å². The first-order valence-electron chi connectivity index (χ1n) is 6.21. The maximum absolute atomic E-state index is 12.1. The molecular formula is C15H12N4O. The molecule has 1 aromatic carbocycles. The number of nitrogens with one attached hydrogen (secondary N) is 1.